The van der Waals surface area contributed by atoms with E-state index in [9.17, 15) is 13.2 Å². The molecule has 1 fully saturated rings. The second kappa shape index (κ2) is 9.27. The summed E-state index contributed by atoms with van der Waals surface area (Å²) in [6.07, 6.45) is 6.02. The van der Waals surface area contributed by atoms with Crippen LogP contribution in [0.2, 0.25) is 5.02 Å². The summed E-state index contributed by atoms with van der Waals surface area (Å²) >= 11 is 5.82. The summed E-state index contributed by atoms with van der Waals surface area (Å²) in [6.45, 7) is 2.20. The first-order valence-corrected chi connectivity index (χ1v) is 12.1. The molecule has 0 atom stereocenters. The predicted octanol–water partition coefficient (Wildman–Crippen LogP) is 1.94. The Morgan fingerprint density at radius 2 is 1.81 bits per heavy atom. The van der Waals surface area contributed by atoms with Crippen LogP contribution in [-0.2, 0) is 16.6 Å². The summed E-state index contributed by atoms with van der Waals surface area (Å²) in [5, 5.41) is 0.548. The first-order chi connectivity index (χ1) is 15.3. The molecule has 1 aliphatic rings. The summed E-state index contributed by atoms with van der Waals surface area (Å²) in [6, 6.07) is 10.2. The van der Waals surface area contributed by atoms with Gasteiger partial charge in [0.25, 0.3) is 5.56 Å². The highest BCUT2D eigenvalue weighted by Gasteiger charge is 2.23. The van der Waals surface area contributed by atoms with Crippen molar-refractivity contribution in [2.45, 2.75) is 6.61 Å². The molecule has 9 nitrogen and oxygen atoms in total. The Morgan fingerprint density at radius 1 is 1.03 bits per heavy atom. The molecule has 168 valence electrons. The van der Waals surface area contributed by atoms with Gasteiger partial charge in [-0.15, -0.1) is 0 Å². The zero-order chi connectivity index (χ0) is 22.7. The molecule has 4 rings (SSSR count). The second-order valence-electron chi connectivity index (χ2n) is 7.35. The molecule has 32 heavy (non-hydrogen) atoms. The number of pyridine rings is 3. The molecular weight excluding hydrogens is 454 g/mol. The summed E-state index contributed by atoms with van der Waals surface area (Å²) < 4.78 is 31.9. The molecule has 3 aromatic heterocycles. The van der Waals surface area contributed by atoms with Crippen molar-refractivity contribution in [2.75, 3.05) is 37.3 Å². The van der Waals surface area contributed by atoms with Crippen molar-refractivity contribution in [3.05, 3.63) is 76.1 Å². The van der Waals surface area contributed by atoms with E-state index in [4.69, 9.17) is 16.3 Å². The monoisotopic (exact) mass is 475 g/mol. The van der Waals surface area contributed by atoms with E-state index >= 15 is 0 Å². The van der Waals surface area contributed by atoms with Gasteiger partial charge in [0.1, 0.15) is 18.2 Å². The van der Waals surface area contributed by atoms with Gasteiger partial charge in [-0.25, -0.2) is 13.4 Å². The number of hydrogen-bond acceptors (Lipinski definition) is 7. The first kappa shape index (κ1) is 22.3. The molecule has 0 radical (unpaired) electrons. The quantitative estimate of drug-likeness (QED) is 0.537. The van der Waals surface area contributed by atoms with E-state index in [1.807, 2.05) is 17.0 Å². The number of sulfonamides is 1. The van der Waals surface area contributed by atoms with Crippen molar-refractivity contribution in [3.8, 4) is 11.4 Å². The van der Waals surface area contributed by atoms with Gasteiger partial charge in [-0.3, -0.25) is 14.3 Å². The fourth-order valence-corrected chi connectivity index (χ4v) is 4.31. The number of nitrogens with zero attached hydrogens (tertiary/aromatic N) is 5. The summed E-state index contributed by atoms with van der Waals surface area (Å²) in [7, 11) is -3.18. The van der Waals surface area contributed by atoms with E-state index in [-0.39, 0.29) is 12.2 Å². The van der Waals surface area contributed by atoms with Gasteiger partial charge < -0.3 is 9.64 Å². The van der Waals surface area contributed by atoms with Gasteiger partial charge in [-0.05, 0) is 30.3 Å². The molecule has 3 aromatic rings. The van der Waals surface area contributed by atoms with Crippen molar-refractivity contribution in [1.29, 1.82) is 0 Å². The van der Waals surface area contributed by atoms with Crippen molar-refractivity contribution < 1.29 is 13.2 Å². The maximum Gasteiger partial charge on any atom is 0.258 e. The Labute approximate surface area is 190 Å². The minimum Gasteiger partial charge on any atom is -0.487 e. The maximum absolute atomic E-state index is 12.6. The average molecular weight is 476 g/mol. The number of halogens is 1. The lowest BCUT2D eigenvalue weighted by molar-refractivity contribution is 0.300. The molecule has 0 unspecified atom stereocenters. The number of aromatic nitrogens is 3. The van der Waals surface area contributed by atoms with Crippen molar-refractivity contribution in [1.82, 2.24) is 18.8 Å². The van der Waals surface area contributed by atoms with Crippen LogP contribution in [0.1, 0.15) is 5.69 Å². The van der Waals surface area contributed by atoms with E-state index in [0.717, 1.165) is 5.82 Å². The Hall–Kier alpha value is -2.95. The van der Waals surface area contributed by atoms with Crippen molar-refractivity contribution in [2.24, 2.45) is 0 Å². The molecule has 0 aromatic carbocycles. The van der Waals surface area contributed by atoms with Crippen LogP contribution in [0.4, 0.5) is 5.82 Å². The molecule has 0 spiro atoms. The molecule has 1 aliphatic heterocycles. The third kappa shape index (κ3) is 5.26. The lowest BCUT2D eigenvalue weighted by Crippen LogP contribution is -2.48. The number of anilines is 1. The van der Waals surface area contributed by atoms with Gasteiger partial charge in [-0.2, -0.15) is 4.31 Å². The van der Waals surface area contributed by atoms with Gasteiger partial charge in [0, 0.05) is 44.6 Å². The minimum absolute atomic E-state index is 0.226. The molecule has 11 heteroatoms. The highest BCUT2D eigenvalue weighted by atomic mass is 35.5. The van der Waals surface area contributed by atoms with Gasteiger partial charge in [0.05, 0.1) is 28.9 Å². The summed E-state index contributed by atoms with van der Waals surface area (Å²) in [5.74, 6) is 1.18. The molecule has 0 aliphatic carbocycles. The smallest absolute Gasteiger partial charge is 0.258 e. The van der Waals surface area contributed by atoms with E-state index in [1.54, 1.807) is 36.8 Å². The first-order valence-electron chi connectivity index (χ1n) is 9.92. The minimum atomic E-state index is -3.18. The second-order valence-corrected chi connectivity index (χ2v) is 9.77. The topological polar surface area (TPSA) is 97.6 Å². The van der Waals surface area contributed by atoms with E-state index in [0.29, 0.717) is 48.3 Å². The Kier molecular flexibility index (Phi) is 6.45. The fourth-order valence-electron chi connectivity index (χ4n) is 3.37. The SMILES string of the molecule is CS(=O)(=O)N1CCN(c2ccc(-n3ccc(OCc4ccc(Cl)cn4)cc3=O)cn2)CC1. The van der Waals surface area contributed by atoms with Crippen molar-refractivity contribution in [3.63, 3.8) is 0 Å². The lowest BCUT2D eigenvalue weighted by Gasteiger charge is -2.34. The molecular formula is C21H22ClN5O4S. The Bertz CT molecular complexity index is 1240. The van der Waals surface area contributed by atoms with Crippen LogP contribution < -0.4 is 15.2 Å². The van der Waals surface area contributed by atoms with Crippen LogP contribution in [0, 0.1) is 0 Å². The van der Waals surface area contributed by atoms with Crippen LogP contribution >= 0.6 is 11.6 Å². The highest BCUT2D eigenvalue weighted by Crippen LogP contribution is 2.17. The van der Waals surface area contributed by atoms with E-state index in [1.165, 1.54) is 21.2 Å². The summed E-state index contributed by atoms with van der Waals surface area (Å²) in [5.41, 5.74) is 1.08. The summed E-state index contributed by atoms with van der Waals surface area (Å²) in [4.78, 5) is 23.2. The van der Waals surface area contributed by atoms with Crippen LogP contribution in [0.3, 0.4) is 0 Å². The molecule has 4 heterocycles. The van der Waals surface area contributed by atoms with Crippen LogP contribution in [0.5, 0.6) is 5.75 Å². The number of ether oxygens (including phenoxy) is 1. The third-order valence-electron chi connectivity index (χ3n) is 5.11. The lowest BCUT2D eigenvalue weighted by atomic mass is 10.3. The van der Waals surface area contributed by atoms with Crippen LogP contribution in [0.15, 0.2) is 59.8 Å². The van der Waals surface area contributed by atoms with Gasteiger partial charge in [0.2, 0.25) is 10.0 Å². The molecule has 0 N–H and O–H groups in total. The zero-order valence-corrected chi connectivity index (χ0v) is 19.0. The van der Waals surface area contributed by atoms with E-state index < -0.39 is 10.0 Å². The van der Waals surface area contributed by atoms with E-state index in [2.05, 4.69) is 9.97 Å². The number of hydrogen-bond donors (Lipinski definition) is 0. The fraction of sp³-hybridized carbons (Fsp3) is 0.286. The molecule has 0 bridgehead atoms. The highest BCUT2D eigenvalue weighted by molar-refractivity contribution is 7.88. The standard InChI is InChI=1S/C21H22ClN5O4S/c1-32(29,30)26-10-8-25(9-11-26)20-5-4-18(14-24-20)27-7-6-19(12-21(27)28)31-15-17-3-2-16(22)13-23-17/h2-7,12-14H,8-11,15H2,1H3. The Balaban J connectivity index is 1.40. The maximum atomic E-state index is 12.6. The normalized spacial score (nSPS) is 15.0. The van der Waals surface area contributed by atoms with Gasteiger partial charge >= 0.3 is 0 Å². The largest absolute Gasteiger partial charge is 0.487 e. The molecule has 0 saturated carbocycles. The number of rotatable bonds is 6. The van der Waals surface area contributed by atoms with Crippen LogP contribution in [0.25, 0.3) is 5.69 Å². The van der Waals surface area contributed by atoms with Crippen LogP contribution in [-0.4, -0.2) is 59.7 Å². The zero-order valence-electron chi connectivity index (χ0n) is 17.4. The number of piperazine rings is 1. The molecule has 1 saturated heterocycles. The predicted molar refractivity (Wildman–Crippen MR) is 122 cm³/mol. The van der Waals surface area contributed by atoms with Gasteiger partial charge in [0.15, 0.2) is 0 Å². The van der Waals surface area contributed by atoms with Crippen molar-refractivity contribution >= 4 is 27.4 Å². The Morgan fingerprint density at radius 3 is 2.41 bits per heavy atom. The average Bonchev–Trinajstić information content (AvgIpc) is 2.78. The third-order valence-corrected chi connectivity index (χ3v) is 6.64. The molecule has 0 amide bonds. The van der Waals surface area contributed by atoms with Gasteiger partial charge in [-0.1, -0.05) is 11.6 Å².